The summed E-state index contributed by atoms with van der Waals surface area (Å²) in [5, 5.41) is 24.6. The summed E-state index contributed by atoms with van der Waals surface area (Å²) in [4.78, 5) is 60.7. The Morgan fingerprint density at radius 2 is 1.87 bits per heavy atom. The molecule has 0 spiro atoms. The molecule has 30 heavy (non-hydrogen) atoms. The molecule has 3 atom stereocenters. The quantitative estimate of drug-likeness (QED) is 0.202. The third kappa shape index (κ3) is 4.62. The first-order valence-corrected chi connectivity index (χ1v) is 9.24. The molecule has 3 unspecified atom stereocenters. The van der Waals surface area contributed by atoms with E-state index >= 15 is 0 Å². The van der Waals surface area contributed by atoms with Crippen LogP contribution >= 0.6 is 11.5 Å². The van der Waals surface area contributed by atoms with Gasteiger partial charge in [-0.25, -0.2) is 14.7 Å². The molecule has 1 fully saturated rings. The molecular weight excluding hydrogens is 424 g/mol. The number of nitrogens with one attached hydrogen (secondary N) is 1. The summed E-state index contributed by atoms with van der Waals surface area (Å²) < 4.78 is 3.84. The summed E-state index contributed by atoms with van der Waals surface area (Å²) in [5.41, 5.74) is 3.93. The molecule has 15 heteroatoms. The maximum atomic E-state index is 12.7. The van der Waals surface area contributed by atoms with Crippen LogP contribution in [0.5, 0.6) is 0 Å². The van der Waals surface area contributed by atoms with Crippen molar-refractivity contribution in [2.45, 2.75) is 51.5 Å². The fourth-order valence-corrected chi connectivity index (χ4v) is 2.71. The van der Waals surface area contributed by atoms with Crippen LogP contribution in [0, 0.1) is 0 Å². The minimum absolute atomic E-state index is 0.0269. The number of hydrogen-bond acceptors (Lipinski definition) is 11. The first kappa shape index (κ1) is 23.0. The highest BCUT2D eigenvalue weighted by Gasteiger charge is 2.57. The number of carboxylic acids is 2. The number of nitrogen functional groups attached to an aromatic ring is 1. The number of nitrogens with zero attached hydrogens (tertiary/aromatic N) is 4. The summed E-state index contributed by atoms with van der Waals surface area (Å²) >= 11 is 0.773. The Kier molecular flexibility index (Phi) is 6.57. The topological polar surface area (TPSA) is 207 Å². The lowest BCUT2D eigenvalue weighted by Gasteiger charge is -2.52. The third-order valence-corrected chi connectivity index (χ3v) is 4.62. The van der Waals surface area contributed by atoms with E-state index in [-0.39, 0.29) is 11.0 Å². The van der Waals surface area contributed by atoms with Gasteiger partial charge in [-0.1, -0.05) is 5.16 Å². The van der Waals surface area contributed by atoms with Crippen molar-refractivity contribution in [2.24, 2.45) is 5.16 Å². The molecule has 0 saturated carbocycles. The Hall–Kier alpha value is -3.33. The number of β-lactam (4-membered cyclic amide) rings is 1. The minimum atomic E-state index is -1.37. The molecule has 14 nitrogen and oxygen atoms in total. The van der Waals surface area contributed by atoms with E-state index in [1.807, 2.05) is 0 Å². The number of carbonyl (C=O) groups excluding carboxylic acids is 2. The number of aromatic nitrogens is 2. The molecule has 1 aromatic heterocycles. The SMILES string of the molecule is CC(ON=C(C(=O)NC1C(=O)N(OC(C)C(=O)O)C1(C)C)c1nsc(N)n1)C(=O)O. The van der Waals surface area contributed by atoms with Crippen molar-refractivity contribution < 1.29 is 39.1 Å². The van der Waals surface area contributed by atoms with E-state index in [0.717, 1.165) is 16.6 Å². The molecule has 0 bridgehead atoms. The van der Waals surface area contributed by atoms with E-state index in [1.165, 1.54) is 13.8 Å². The maximum absolute atomic E-state index is 12.7. The van der Waals surface area contributed by atoms with E-state index in [9.17, 15) is 19.2 Å². The predicted molar refractivity (Wildman–Crippen MR) is 100 cm³/mol. The normalized spacial score (nSPS) is 20.1. The Bertz CT molecular complexity index is 899. The molecule has 1 aliphatic heterocycles. The fourth-order valence-electron chi connectivity index (χ4n) is 2.28. The number of oxime groups is 1. The number of hydrogen-bond donors (Lipinski definition) is 4. The zero-order valence-corrected chi connectivity index (χ0v) is 17.2. The van der Waals surface area contributed by atoms with Gasteiger partial charge in [0.05, 0.1) is 5.54 Å². The van der Waals surface area contributed by atoms with E-state index in [2.05, 4.69) is 19.8 Å². The summed E-state index contributed by atoms with van der Waals surface area (Å²) in [6.07, 6.45) is -2.65. The number of hydroxylamine groups is 2. The van der Waals surface area contributed by atoms with Crippen molar-refractivity contribution in [3.63, 3.8) is 0 Å². The van der Waals surface area contributed by atoms with E-state index in [0.29, 0.717) is 0 Å². The molecular formula is C15H20N6O8S. The molecule has 0 radical (unpaired) electrons. The molecule has 1 aliphatic rings. The molecule has 1 aromatic rings. The highest BCUT2D eigenvalue weighted by molar-refractivity contribution is 7.09. The van der Waals surface area contributed by atoms with Gasteiger partial charge in [-0.3, -0.25) is 14.4 Å². The molecule has 164 valence electrons. The van der Waals surface area contributed by atoms with Crippen molar-refractivity contribution in [2.75, 3.05) is 5.73 Å². The Morgan fingerprint density at radius 3 is 2.33 bits per heavy atom. The molecule has 5 N–H and O–H groups in total. The van der Waals surface area contributed by atoms with Crippen LogP contribution in [-0.4, -0.2) is 77.9 Å². The highest BCUT2D eigenvalue weighted by Crippen LogP contribution is 2.32. The van der Waals surface area contributed by atoms with Gasteiger partial charge in [0.25, 0.3) is 11.8 Å². The third-order valence-electron chi connectivity index (χ3n) is 4.08. The Balaban J connectivity index is 2.19. The Labute approximate surface area is 173 Å². The Morgan fingerprint density at radius 1 is 1.27 bits per heavy atom. The average molecular weight is 444 g/mol. The van der Waals surface area contributed by atoms with Crippen molar-refractivity contribution in [3.05, 3.63) is 5.82 Å². The predicted octanol–water partition coefficient (Wildman–Crippen LogP) is -1.18. The first-order chi connectivity index (χ1) is 13.9. The van der Waals surface area contributed by atoms with Gasteiger partial charge in [-0.15, -0.1) is 0 Å². The molecule has 0 aliphatic carbocycles. The van der Waals surface area contributed by atoms with Crippen LogP contribution in [0.25, 0.3) is 0 Å². The lowest BCUT2D eigenvalue weighted by Crippen LogP contribution is -2.77. The highest BCUT2D eigenvalue weighted by atomic mass is 32.1. The van der Waals surface area contributed by atoms with Gasteiger partial charge in [-0.05, 0) is 27.7 Å². The number of rotatable bonds is 9. The van der Waals surface area contributed by atoms with E-state index in [1.54, 1.807) is 13.8 Å². The smallest absolute Gasteiger partial charge is 0.347 e. The second-order valence-electron chi connectivity index (χ2n) is 6.76. The van der Waals surface area contributed by atoms with Crippen molar-refractivity contribution >= 4 is 46.1 Å². The molecule has 2 rings (SSSR count). The van der Waals surface area contributed by atoms with Gasteiger partial charge >= 0.3 is 11.9 Å². The number of nitrogens with two attached hydrogens (primary N) is 1. The lowest BCUT2D eigenvalue weighted by atomic mass is 9.84. The van der Waals surface area contributed by atoms with Crippen LogP contribution < -0.4 is 11.1 Å². The zero-order valence-electron chi connectivity index (χ0n) is 16.4. The second-order valence-corrected chi connectivity index (χ2v) is 7.54. The maximum Gasteiger partial charge on any atom is 0.347 e. The lowest BCUT2D eigenvalue weighted by molar-refractivity contribution is -0.273. The van der Waals surface area contributed by atoms with Crippen molar-refractivity contribution in [1.29, 1.82) is 0 Å². The van der Waals surface area contributed by atoms with Crippen LogP contribution in [0.2, 0.25) is 0 Å². The fraction of sp³-hybridized carbons (Fsp3) is 0.533. The van der Waals surface area contributed by atoms with Crippen molar-refractivity contribution in [1.82, 2.24) is 19.7 Å². The second kappa shape index (κ2) is 8.58. The molecule has 2 amide bonds. The molecule has 2 heterocycles. The van der Waals surface area contributed by atoms with Gasteiger partial charge in [0, 0.05) is 11.5 Å². The summed E-state index contributed by atoms with van der Waals surface area (Å²) in [7, 11) is 0. The largest absolute Gasteiger partial charge is 0.479 e. The van der Waals surface area contributed by atoms with Gasteiger partial charge in [0.1, 0.15) is 6.04 Å². The van der Waals surface area contributed by atoms with Crippen molar-refractivity contribution in [3.8, 4) is 0 Å². The monoisotopic (exact) mass is 444 g/mol. The minimum Gasteiger partial charge on any atom is -0.479 e. The number of amides is 2. The molecule has 0 aromatic carbocycles. The van der Waals surface area contributed by atoms with E-state index < -0.39 is 53.3 Å². The van der Waals surface area contributed by atoms with Gasteiger partial charge < -0.3 is 26.1 Å². The standard InChI is InChI=1S/C15H20N6O8S/c1-5(12(24)25)28-19-7(9-18-14(16)30-20-9)10(22)17-8-11(23)21(15(8,3)4)29-6(2)13(26)27/h5-6,8H,1-4H3,(H,17,22)(H,24,25)(H,26,27)(H2,16,18,20). The van der Waals surface area contributed by atoms with Gasteiger partial charge in [0.2, 0.25) is 17.6 Å². The van der Waals surface area contributed by atoms with Crippen LogP contribution in [0.3, 0.4) is 0 Å². The number of carbonyl (C=O) groups is 4. The van der Waals surface area contributed by atoms with Crippen LogP contribution in [0.4, 0.5) is 5.13 Å². The van der Waals surface area contributed by atoms with Crippen LogP contribution in [-0.2, 0) is 28.9 Å². The summed E-state index contributed by atoms with van der Waals surface area (Å²) in [6.45, 7) is 5.54. The molecule has 1 saturated heterocycles. The van der Waals surface area contributed by atoms with Crippen LogP contribution in [0.1, 0.15) is 33.5 Å². The number of anilines is 1. The van der Waals surface area contributed by atoms with E-state index in [4.69, 9.17) is 25.6 Å². The number of carboxylic acid groups (broad SMARTS) is 2. The zero-order chi connectivity index (χ0) is 22.8. The summed E-state index contributed by atoms with van der Waals surface area (Å²) in [6, 6.07) is -1.09. The average Bonchev–Trinajstić information content (AvgIpc) is 3.09. The number of aliphatic carboxylic acids is 2. The van der Waals surface area contributed by atoms with Crippen LogP contribution in [0.15, 0.2) is 5.16 Å². The summed E-state index contributed by atoms with van der Waals surface area (Å²) in [5.74, 6) is -4.42. The van der Waals surface area contributed by atoms with Gasteiger partial charge in [-0.2, -0.15) is 9.36 Å². The first-order valence-electron chi connectivity index (χ1n) is 8.47. The van der Waals surface area contributed by atoms with Gasteiger partial charge in [0.15, 0.2) is 11.2 Å².